The zero-order valence-corrected chi connectivity index (χ0v) is 15.8. The molecule has 1 aliphatic heterocycles. The number of likely N-dealkylation sites (tertiary alicyclic amines) is 1. The molecule has 2 aromatic carbocycles. The minimum Gasteiger partial charge on any atom is -0.492 e. The average molecular weight is 360 g/mol. The second-order valence-electron chi connectivity index (χ2n) is 7.01. The second kappa shape index (κ2) is 8.11. The molecule has 0 saturated carbocycles. The summed E-state index contributed by atoms with van der Waals surface area (Å²) in [6, 6.07) is 15.8. The lowest BCUT2D eigenvalue weighted by Gasteiger charge is -2.39. The van der Waals surface area contributed by atoms with Gasteiger partial charge in [0.15, 0.2) is 0 Å². The van der Waals surface area contributed by atoms with Gasteiger partial charge in [0.1, 0.15) is 23.7 Å². The third-order valence-electron chi connectivity index (χ3n) is 4.79. The molecule has 2 aromatic rings. The minimum atomic E-state index is -0.109. The summed E-state index contributed by atoms with van der Waals surface area (Å²) in [6.45, 7) is 8.01. The molecule has 1 saturated heterocycles. The lowest BCUT2D eigenvalue weighted by Crippen LogP contribution is -2.47. The van der Waals surface area contributed by atoms with Crippen molar-refractivity contribution in [3.8, 4) is 11.5 Å². The van der Waals surface area contributed by atoms with Gasteiger partial charge in [0.05, 0.1) is 0 Å². The highest BCUT2D eigenvalue weighted by atomic mass is 35.5. The Morgan fingerprint density at radius 3 is 2.20 bits per heavy atom. The molecule has 134 valence electrons. The number of halogens is 1. The fourth-order valence-electron chi connectivity index (χ4n) is 3.07. The van der Waals surface area contributed by atoms with Gasteiger partial charge in [-0.3, -0.25) is 4.90 Å². The van der Waals surface area contributed by atoms with Gasteiger partial charge in [-0.1, -0.05) is 29.3 Å². The van der Waals surface area contributed by atoms with Gasteiger partial charge in [0.2, 0.25) is 0 Å². The summed E-state index contributed by atoms with van der Waals surface area (Å²) >= 11 is 5.93. The fourth-order valence-corrected chi connectivity index (χ4v) is 3.19. The van der Waals surface area contributed by atoms with Crippen molar-refractivity contribution in [3.05, 3.63) is 59.1 Å². The Kier molecular flexibility index (Phi) is 5.87. The van der Waals surface area contributed by atoms with Crippen LogP contribution in [0.15, 0.2) is 48.5 Å². The minimum absolute atomic E-state index is 0.109. The Morgan fingerprint density at radius 2 is 1.56 bits per heavy atom. The molecule has 0 aromatic heterocycles. The normalized spacial score (nSPS) is 17.2. The van der Waals surface area contributed by atoms with Crippen LogP contribution in [0.5, 0.6) is 11.5 Å². The number of ether oxygens (including phenoxy) is 2. The van der Waals surface area contributed by atoms with E-state index in [9.17, 15) is 0 Å². The molecule has 3 rings (SSSR count). The molecule has 0 bridgehead atoms. The molecule has 0 atom stereocenters. The highest BCUT2D eigenvalue weighted by Gasteiger charge is 2.31. The number of rotatable bonds is 6. The number of aryl methyl sites for hydroxylation is 1. The van der Waals surface area contributed by atoms with E-state index in [4.69, 9.17) is 21.1 Å². The quantitative estimate of drug-likeness (QED) is 0.727. The molecule has 3 nitrogen and oxygen atoms in total. The maximum Gasteiger partial charge on any atom is 0.120 e. The standard InChI is InChI=1S/C21H26ClNO2/c1-17-3-7-19(8-4-17)24-16-15-23-13-11-21(2,12-14-23)25-20-9-5-18(22)6-10-20/h3-10H,11-16H2,1-2H3. The van der Waals surface area contributed by atoms with Gasteiger partial charge in [-0.2, -0.15) is 0 Å². The maximum atomic E-state index is 6.21. The van der Waals surface area contributed by atoms with E-state index in [1.807, 2.05) is 36.4 Å². The number of benzene rings is 2. The summed E-state index contributed by atoms with van der Waals surface area (Å²) in [6.07, 6.45) is 2.03. The SMILES string of the molecule is Cc1ccc(OCCN2CCC(C)(Oc3ccc(Cl)cc3)CC2)cc1. The van der Waals surface area contributed by atoms with Crippen LogP contribution in [0.3, 0.4) is 0 Å². The van der Waals surface area contributed by atoms with Crippen molar-refractivity contribution in [1.29, 1.82) is 0 Å². The third kappa shape index (κ3) is 5.38. The predicted octanol–water partition coefficient (Wildman–Crippen LogP) is 4.96. The molecule has 1 aliphatic rings. The first kappa shape index (κ1) is 18.1. The van der Waals surface area contributed by atoms with E-state index in [1.54, 1.807) is 0 Å². The zero-order valence-electron chi connectivity index (χ0n) is 15.0. The smallest absolute Gasteiger partial charge is 0.120 e. The third-order valence-corrected chi connectivity index (χ3v) is 5.04. The van der Waals surface area contributed by atoms with Crippen LogP contribution in [-0.4, -0.2) is 36.7 Å². The molecule has 0 spiro atoms. The van der Waals surface area contributed by atoms with Crippen LogP contribution >= 0.6 is 11.6 Å². The van der Waals surface area contributed by atoms with Crippen LogP contribution in [0.1, 0.15) is 25.3 Å². The Balaban J connectivity index is 1.41. The van der Waals surface area contributed by atoms with Gasteiger partial charge in [-0.05, 0) is 63.1 Å². The van der Waals surface area contributed by atoms with Crippen molar-refractivity contribution in [1.82, 2.24) is 4.90 Å². The van der Waals surface area contributed by atoms with E-state index in [1.165, 1.54) is 5.56 Å². The Labute approximate surface area is 155 Å². The summed E-state index contributed by atoms with van der Waals surface area (Å²) in [5.74, 6) is 1.83. The number of hydrogen-bond donors (Lipinski definition) is 0. The fraction of sp³-hybridized carbons (Fsp3) is 0.429. The van der Waals surface area contributed by atoms with Crippen LogP contribution in [0, 0.1) is 6.92 Å². The van der Waals surface area contributed by atoms with E-state index in [-0.39, 0.29) is 5.60 Å². The summed E-state index contributed by atoms with van der Waals surface area (Å²) in [5.41, 5.74) is 1.14. The largest absolute Gasteiger partial charge is 0.492 e. The molecule has 0 aliphatic carbocycles. The van der Waals surface area contributed by atoms with Crippen molar-refractivity contribution < 1.29 is 9.47 Å². The molecule has 4 heteroatoms. The molecular formula is C21H26ClNO2. The second-order valence-corrected chi connectivity index (χ2v) is 7.45. The van der Waals surface area contributed by atoms with Crippen LogP contribution in [0.2, 0.25) is 5.02 Å². The van der Waals surface area contributed by atoms with Gasteiger partial charge in [0, 0.05) is 24.7 Å². The monoisotopic (exact) mass is 359 g/mol. The first-order chi connectivity index (χ1) is 12.0. The van der Waals surface area contributed by atoms with Crippen LogP contribution in [-0.2, 0) is 0 Å². The maximum absolute atomic E-state index is 6.21. The summed E-state index contributed by atoms with van der Waals surface area (Å²) in [4.78, 5) is 2.45. The van der Waals surface area contributed by atoms with Crippen molar-refractivity contribution in [2.45, 2.75) is 32.3 Å². The average Bonchev–Trinajstić information content (AvgIpc) is 2.61. The molecule has 0 N–H and O–H groups in total. The Hall–Kier alpha value is -1.71. The first-order valence-electron chi connectivity index (χ1n) is 8.89. The Bertz CT molecular complexity index is 661. The van der Waals surface area contributed by atoms with Crippen molar-refractivity contribution in [2.24, 2.45) is 0 Å². The topological polar surface area (TPSA) is 21.7 Å². The lowest BCUT2D eigenvalue weighted by atomic mass is 9.93. The van der Waals surface area contributed by atoms with Crippen LogP contribution in [0.4, 0.5) is 0 Å². The Morgan fingerprint density at radius 1 is 0.960 bits per heavy atom. The summed E-state index contributed by atoms with van der Waals surface area (Å²) < 4.78 is 12.1. The molecule has 0 radical (unpaired) electrons. The molecule has 1 heterocycles. The highest BCUT2D eigenvalue weighted by molar-refractivity contribution is 6.30. The van der Waals surface area contributed by atoms with Crippen LogP contribution < -0.4 is 9.47 Å². The lowest BCUT2D eigenvalue weighted by molar-refractivity contribution is 0.0135. The first-order valence-corrected chi connectivity index (χ1v) is 9.27. The molecular weight excluding hydrogens is 334 g/mol. The van der Waals surface area contributed by atoms with Gasteiger partial charge in [-0.25, -0.2) is 0 Å². The van der Waals surface area contributed by atoms with E-state index in [0.717, 1.165) is 55.6 Å². The number of hydrogen-bond acceptors (Lipinski definition) is 3. The van der Waals surface area contributed by atoms with Gasteiger partial charge >= 0.3 is 0 Å². The number of nitrogens with zero attached hydrogens (tertiary/aromatic N) is 1. The predicted molar refractivity (Wildman–Crippen MR) is 103 cm³/mol. The number of piperidine rings is 1. The zero-order chi connectivity index (χ0) is 17.7. The van der Waals surface area contributed by atoms with E-state index >= 15 is 0 Å². The molecule has 0 unspecified atom stereocenters. The van der Waals surface area contributed by atoms with E-state index in [0.29, 0.717) is 0 Å². The van der Waals surface area contributed by atoms with Gasteiger partial charge in [-0.15, -0.1) is 0 Å². The highest BCUT2D eigenvalue weighted by Crippen LogP contribution is 2.29. The van der Waals surface area contributed by atoms with E-state index < -0.39 is 0 Å². The van der Waals surface area contributed by atoms with Crippen molar-refractivity contribution in [3.63, 3.8) is 0 Å². The van der Waals surface area contributed by atoms with Crippen molar-refractivity contribution in [2.75, 3.05) is 26.2 Å². The van der Waals surface area contributed by atoms with Crippen LogP contribution in [0.25, 0.3) is 0 Å². The summed E-state index contributed by atoms with van der Waals surface area (Å²) in [5, 5.41) is 0.737. The molecule has 0 amide bonds. The van der Waals surface area contributed by atoms with Gasteiger partial charge in [0.25, 0.3) is 0 Å². The van der Waals surface area contributed by atoms with Gasteiger partial charge < -0.3 is 9.47 Å². The molecule has 25 heavy (non-hydrogen) atoms. The van der Waals surface area contributed by atoms with Crippen molar-refractivity contribution >= 4 is 11.6 Å². The molecule has 1 fully saturated rings. The van der Waals surface area contributed by atoms with E-state index in [2.05, 4.69) is 30.9 Å². The summed E-state index contributed by atoms with van der Waals surface area (Å²) in [7, 11) is 0.